The summed E-state index contributed by atoms with van der Waals surface area (Å²) in [7, 11) is 0. The van der Waals surface area contributed by atoms with Gasteiger partial charge in [-0.1, -0.05) is 24.3 Å². The lowest BCUT2D eigenvalue weighted by atomic mass is 10.1. The molecule has 2 aromatic carbocycles. The third-order valence-electron chi connectivity index (χ3n) is 3.76. The molecule has 0 fully saturated rings. The molecule has 0 aliphatic carbocycles. The van der Waals surface area contributed by atoms with Gasteiger partial charge in [-0.15, -0.1) is 0 Å². The maximum absolute atomic E-state index is 12.2. The number of fused-ring (bicyclic) bond motifs is 2. The SMILES string of the molecule is O=C(N/N=C/c1ccc[nH]1)C1COc2cc3ccccc3cc2O1. The number of aromatic nitrogens is 1. The highest BCUT2D eigenvalue weighted by Gasteiger charge is 2.27. The number of ether oxygens (including phenoxy) is 2. The fourth-order valence-corrected chi connectivity index (χ4v) is 2.55. The predicted molar refractivity (Wildman–Crippen MR) is 90.4 cm³/mol. The second-order valence-electron chi connectivity index (χ2n) is 5.42. The first-order chi connectivity index (χ1) is 11.8. The van der Waals surface area contributed by atoms with Crippen molar-refractivity contribution in [1.29, 1.82) is 0 Å². The molecule has 2 heterocycles. The monoisotopic (exact) mass is 321 g/mol. The van der Waals surface area contributed by atoms with Gasteiger partial charge in [-0.2, -0.15) is 5.10 Å². The van der Waals surface area contributed by atoms with Gasteiger partial charge in [0, 0.05) is 6.20 Å². The van der Waals surface area contributed by atoms with E-state index in [9.17, 15) is 4.79 Å². The molecule has 6 heteroatoms. The van der Waals surface area contributed by atoms with Crippen LogP contribution in [0.4, 0.5) is 0 Å². The number of carbonyl (C=O) groups excluding carboxylic acids is 1. The van der Waals surface area contributed by atoms with Crippen LogP contribution in [0.2, 0.25) is 0 Å². The zero-order chi connectivity index (χ0) is 16.4. The largest absolute Gasteiger partial charge is 0.485 e. The highest BCUT2D eigenvalue weighted by Crippen LogP contribution is 2.35. The quantitative estimate of drug-likeness (QED) is 0.575. The van der Waals surface area contributed by atoms with E-state index in [1.165, 1.54) is 6.21 Å². The third-order valence-corrected chi connectivity index (χ3v) is 3.76. The van der Waals surface area contributed by atoms with Crippen LogP contribution in [0.3, 0.4) is 0 Å². The Kier molecular flexibility index (Phi) is 3.63. The minimum absolute atomic E-state index is 0.148. The number of benzene rings is 2. The number of nitrogens with zero attached hydrogens (tertiary/aromatic N) is 1. The van der Waals surface area contributed by atoms with Crippen molar-refractivity contribution >= 4 is 22.9 Å². The molecule has 1 aliphatic heterocycles. The van der Waals surface area contributed by atoms with Crippen LogP contribution in [0.1, 0.15) is 5.69 Å². The fraction of sp³-hybridized carbons (Fsp3) is 0.111. The Balaban J connectivity index is 1.47. The number of rotatable bonds is 3. The standard InChI is InChI=1S/C18H15N3O3/c22-18(21-20-10-14-6-3-7-19-14)17-11-23-15-8-12-4-1-2-5-13(12)9-16(15)24-17/h1-10,17,19H,11H2,(H,21,22)/b20-10+. The van der Waals surface area contributed by atoms with Gasteiger partial charge >= 0.3 is 0 Å². The molecule has 0 saturated carbocycles. The van der Waals surface area contributed by atoms with Crippen LogP contribution in [0, 0.1) is 0 Å². The average molecular weight is 321 g/mol. The highest BCUT2D eigenvalue weighted by atomic mass is 16.6. The minimum Gasteiger partial charge on any atom is -0.485 e. The van der Waals surface area contributed by atoms with Crippen LogP contribution in [-0.2, 0) is 4.79 Å². The first kappa shape index (κ1) is 14.3. The molecular weight excluding hydrogens is 306 g/mol. The Morgan fingerprint density at radius 3 is 2.71 bits per heavy atom. The van der Waals surface area contributed by atoms with Crippen LogP contribution in [0.5, 0.6) is 11.5 Å². The molecule has 0 radical (unpaired) electrons. The van der Waals surface area contributed by atoms with E-state index in [4.69, 9.17) is 9.47 Å². The van der Waals surface area contributed by atoms with Gasteiger partial charge in [0.2, 0.25) is 6.10 Å². The van der Waals surface area contributed by atoms with Crippen LogP contribution < -0.4 is 14.9 Å². The van der Waals surface area contributed by atoms with Gasteiger partial charge in [-0.3, -0.25) is 4.79 Å². The molecule has 1 atom stereocenters. The number of hydrogen-bond donors (Lipinski definition) is 2. The fourth-order valence-electron chi connectivity index (χ4n) is 2.55. The van der Waals surface area contributed by atoms with Crippen molar-refractivity contribution < 1.29 is 14.3 Å². The van der Waals surface area contributed by atoms with Gasteiger partial charge in [0.25, 0.3) is 5.91 Å². The first-order valence-corrected chi connectivity index (χ1v) is 7.58. The molecule has 1 unspecified atom stereocenters. The van der Waals surface area contributed by atoms with Crippen LogP contribution >= 0.6 is 0 Å². The topological polar surface area (TPSA) is 75.7 Å². The molecular formula is C18H15N3O3. The summed E-state index contributed by atoms with van der Waals surface area (Å²) in [4.78, 5) is 15.1. The Hall–Kier alpha value is -3.28. The number of hydrogen-bond acceptors (Lipinski definition) is 4. The molecule has 0 bridgehead atoms. The van der Waals surface area contributed by atoms with Crippen LogP contribution in [-0.4, -0.2) is 29.8 Å². The molecule has 1 aliphatic rings. The van der Waals surface area contributed by atoms with Crippen LogP contribution in [0.15, 0.2) is 59.8 Å². The number of H-pyrrole nitrogens is 1. The molecule has 120 valence electrons. The minimum atomic E-state index is -0.737. The third kappa shape index (κ3) is 2.81. The lowest BCUT2D eigenvalue weighted by molar-refractivity contribution is -0.130. The zero-order valence-corrected chi connectivity index (χ0v) is 12.7. The van der Waals surface area contributed by atoms with E-state index >= 15 is 0 Å². The summed E-state index contributed by atoms with van der Waals surface area (Å²) < 4.78 is 11.4. The van der Waals surface area contributed by atoms with E-state index in [0.717, 1.165) is 16.5 Å². The van der Waals surface area contributed by atoms with Crippen molar-refractivity contribution in [2.45, 2.75) is 6.10 Å². The van der Waals surface area contributed by atoms with Crippen molar-refractivity contribution in [1.82, 2.24) is 10.4 Å². The van der Waals surface area contributed by atoms with Crippen molar-refractivity contribution in [2.75, 3.05) is 6.61 Å². The summed E-state index contributed by atoms with van der Waals surface area (Å²) in [6, 6.07) is 15.4. The maximum atomic E-state index is 12.2. The van der Waals surface area contributed by atoms with Crippen molar-refractivity contribution in [3.05, 3.63) is 60.4 Å². The van der Waals surface area contributed by atoms with E-state index < -0.39 is 6.10 Å². The first-order valence-electron chi connectivity index (χ1n) is 7.58. The lowest BCUT2D eigenvalue weighted by Crippen LogP contribution is -2.42. The van der Waals surface area contributed by atoms with Gasteiger partial charge in [0.1, 0.15) is 6.61 Å². The molecule has 0 saturated heterocycles. The summed E-state index contributed by atoms with van der Waals surface area (Å²) in [5.41, 5.74) is 3.26. The molecule has 4 rings (SSSR count). The van der Waals surface area contributed by atoms with Gasteiger partial charge in [-0.25, -0.2) is 5.43 Å². The lowest BCUT2D eigenvalue weighted by Gasteiger charge is -2.25. The molecule has 3 aromatic rings. The molecule has 6 nitrogen and oxygen atoms in total. The molecule has 0 spiro atoms. The van der Waals surface area contributed by atoms with Gasteiger partial charge in [0.05, 0.1) is 11.9 Å². The van der Waals surface area contributed by atoms with Gasteiger partial charge in [0.15, 0.2) is 11.5 Å². The summed E-state index contributed by atoms with van der Waals surface area (Å²) in [5.74, 6) is 0.859. The Labute approximate surface area is 138 Å². The summed E-state index contributed by atoms with van der Waals surface area (Å²) in [6.45, 7) is 0.148. The van der Waals surface area contributed by atoms with Crippen molar-refractivity contribution in [3.63, 3.8) is 0 Å². The number of carbonyl (C=O) groups is 1. The van der Waals surface area contributed by atoms with E-state index in [1.807, 2.05) is 48.5 Å². The highest BCUT2D eigenvalue weighted by molar-refractivity contribution is 5.87. The van der Waals surface area contributed by atoms with Gasteiger partial charge in [-0.05, 0) is 35.0 Å². The second kappa shape index (κ2) is 6.08. The number of aromatic amines is 1. The predicted octanol–water partition coefficient (Wildman–Crippen LogP) is 2.46. The molecule has 1 aromatic heterocycles. The normalized spacial score (nSPS) is 16.4. The number of hydrazone groups is 1. The summed E-state index contributed by atoms with van der Waals surface area (Å²) in [5, 5.41) is 6.00. The molecule has 1 amide bonds. The maximum Gasteiger partial charge on any atom is 0.284 e. The summed E-state index contributed by atoms with van der Waals surface area (Å²) >= 11 is 0. The molecule has 24 heavy (non-hydrogen) atoms. The van der Waals surface area contributed by atoms with E-state index in [2.05, 4.69) is 15.5 Å². The zero-order valence-electron chi connectivity index (χ0n) is 12.7. The van der Waals surface area contributed by atoms with E-state index in [0.29, 0.717) is 11.5 Å². The Morgan fingerprint density at radius 2 is 1.96 bits per heavy atom. The molecule has 2 N–H and O–H groups in total. The second-order valence-corrected chi connectivity index (χ2v) is 5.42. The Morgan fingerprint density at radius 1 is 1.17 bits per heavy atom. The smallest absolute Gasteiger partial charge is 0.284 e. The van der Waals surface area contributed by atoms with Crippen molar-refractivity contribution in [3.8, 4) is 11.5 Å². The Bertz CT molecular complexity index is 903. The van der Waals surface area contributed by atoms with Crippen LogP contribution in [0.25, 0.3) is 10.8 Å². The number of nitrogens with one attached hydrogen (secondary N) is 2. The average Bonchev–Trinajstić information content (AvgIpc) is 3.12. The van der Waals surface area contributed by atoms with Crippen molar-refractivity contribution in [2.24, 2.45) is 5.10 Å². The van der Waals surface area contributed by atoms with E-state index in [-0.39, 0.29) is 12.5 Å². The van der Waals surface area contributed by atoms with Gasteiger partial charge < -0.3 is 14.5 Å². The summed E-state index contributed by atoms with van der Waals surface area (Å²) in [6.07, 6.45) is 2.57. The number of amides is 1. The van der Waals surface area contributed by atoms with E-state index in [1.54, 1.807) is 6.20 Å².